The fourth-order valence-corrected chi connectivity index (χ4v) is 2.07. The minimum absolute atomic E-state index is 0.0169. The predicted octanol–water partition coefficient (Wildman–Crippen LogP) is 4.11. The monoisotopic (exact) mass is 274 g/mol. The van der Waals surface area contributed by atoms with Gasteiger partial charge in [-0.25, -0.2) is 0 Å². The van der Waals surface area contributed by atoms with E-state index in [0.717, 1.165) is 22.6 Å². The van der Waals surface area contributed by atoms with E-state index in [9.17, 15) is 0 Å². The summed E-state index contributed by atoms with van der Waals surface area (Å²) in [4.78, 5) is 0. The summed E-state index contributed by atoms with van der Waals surface area (Å²) in [6.07, 6.45) is 0. The Morgan fingerprint density at radius 1 is 1.16 bits per heavy atom. The Hall–Kier alpha value is -1.68. The first-order chi connectivity index (χ1) is 8.91. The maximum atomic E-state index is 5.44. The molecule has 1 aromatic heterocycles. The van der Waals surface area contributed by atoms with Gasteiger partial charge in [0, 0.05) is 11.1 Å². The van der Waals surface area contributed by atoms with Gasteiger partial charge < -0.3 is 4.74 Å². The van der Waals surface area contributed by atoms with E-state index in [-0.39, 0.29) is 5.41 Å². The zero-order chi connectivity index (χ0) is 14.0. The van der Waals surface area contributed by atoms with Gasteiger partial charge in [-0.2, -0.15) is 5.10 Å². The third-order valence-corrected chi connectivity index (χ3v) is 3.21. The quantitative estimate of drug-likeness (QED) is 0.837. The Kier molecular flexibility index (Phi) is 3.71. The summed E-state index contributed by atoms with van der Waals surface area (Å²) in [5, 5.41) is 7.08. The highest BCUT2D eigenvalue weighted by Gasteiger charge is 2.19. The van der Waals surface area contributed by atoms with Crippen LogP contribution in [0, 0.1) is 4.64 Å². The summed E-state index contributed by atoms with van der Waals surface area (Å²) in [7, 11) is 1.70. The highest BCUT2D eigenvalue weighted by Crippen LogP contribution is 2.34. The normalized spacial score (nSPS) is 11.4. The van der Waals surface area contributed by atoms with Crippen LogP contribution in [-0.4, -0.2) is 17.3 Å². The Morgan fingerprint density at radius 2 is 1.89 bits per heavy atom. The lowest BCUT2D eigenvalue weighted by molar-refractivity contribution is 0.397. The van der Waals surface area contributed by atoms with E-state index in [1.165, 1.54) is 0 Å². The number of nitrogens with zero attached hydrogens (tertiary/aromatic N) is 1. The van der Waals surface area contributed by atoms with Gasteiger partial charge >= 0.3 is 0 Å². The fraction of sp³-hybridized carbons (Fsp3) is 0.333. The summed E-state index contributed by atoms with van der Waals surface area (Å²) in [6, 6.07) is 9.89. The first-order valence-corrected chi connectivity index (χ1v) is 6.57. The van der Waals surface area contributed by atoms with Gasteiger partial charge in [0.05, 0.1) is 12.8 Å². The molecule has 1 N–H and O–H groups in total. The molecule has 0 spiro atoms. The number of hydrogen-bond donors (Lipinski definition) is 1. The molecule has 0 atom stereocenters. The largest absolute Gasteiger partial charge is 0.496 e. The number of rotatable bonds is 2. The molecule has 100 valence electrons. The molecule has 0 radical (unpaired) electrons. The summed E-state index contributed by atoms with van der Waals surface area (Å²) < 4.78 is 6.07. The molecular weight excluding hydrogens is 256 g/mol. The van der Waals surface area contributed by atoms with Crippen molar-refractivity contribution in [3.63, 3.8) is 0 Å². The van der Waals surface area contributed by atoms with Crippen molar-refractivity contribution in [3.05, 3.63) is 40.5 Å². The molecule has 2 rings (SSSR count). The third-order valence-electron chi connectivity index (χ3n) is 2.98. The number of H-pyrrole nitrogens is 1. The van der Waals surface area contributed by atoms with Crippen molar-refractivity contribution < 1.29 is 4.74 Å². The van der Waals surface area contributed by atoms with Crippen LogP contribution < -0.4 is 4.74 Å². The van der Waals surface area contributed by atoms with E-state index in [1.54, 1.807) is 7.11 Å². The lowest BCUT2D eigenvalue weighted by Gasteiger charge is -2.22. The Labute approximate surface area is 118 Å². The maximum absolute atomic E-state index is 5.44. The van der Waals surface area contributed by atoms with Crippen LogP contribution in [0.25, 0.3) is 11.3 Å². The topological polar surface area (TPSA) is 37.9 Å². The molecule has 1 heterocycles. The minimum Gasteiger partial charge on any atom is -0.496 e. The SMILES string of the molecule is COc1ccc(-c2ccc(=S)[nH]n2)cc1C(C)(C)C. The van der Waals surface area contributed by atoms with Crippen LogP contribution in [-0.2, 0) is 5.41 Å². The summed E-state index contributed by atoms with van der Waals surface area (Å²) in [5.74, 6) is 0.903. The van der Waals surface area contributed by atoms with Crippen LogP contribution >= 0.6 is 12.2 Å². The number of aromatic nitrogens is 2. The van der Waals surface area contributed by atoms with Crippen LogP contribution in [0.5, 0.6) is 5.75 Å². The molecule has 3 nitrogen and oxygen atoms in total. The van der Waals surface area contributed by atoms with E-state index in [1.807, 2.05) is 24.3 Å². The van der Waals surface area contributed by atoms with Gasteiger partial charge in [0.1, 0.15) is 10.4 Å². The maximum Gasteiger partial charge on any atom is 0.122 e. The van der Waals surface area contributed by atoms with Gasteiger partial charge in [0.25, 0.3) is 0 Å². The molecule has 0 fully saturated rings. The molecule has 0 saturated heterocycles. The van der Waals surface area contributed by atoms with Crippen LogP contribution in [0.4, 0.5) is 0 Å². The highest BCUT2D eigenvalue weighted by molar-refractivity contribution is 7.71. The van der Waals surface area contributed by atoms with Gasteiger partial charge in [-0.15, -0.1) is 0 Å². The van der Waals surface area contributed by atoms with E-state index in [0.29, 0.717) is 4.64 Å². The molecule has 0 saturated carbocycles. The molecule has 0 unspecified atom stereocenters. The van der Waals surface area contributed by atoms with E-state index in [2.05, 4.69) is 37.0 Å². The molecule has 1 aromatic carbocycles. The van der Waals surface area contributed by atoms with Gasteiger partial charge in [0.15, 0.2) is 0 Å². The van der Waals surface area contributed by atoms with Crippen molar-refractivity contribution in [3.8, 4) is 17.0 Å². The Bertz CT molecular complexity index is 621. The first kappa shape index (κ1) is 13.7. The number of nitrogens with one attached hydrogen (secondary N) is 1. The minimum atomic E-state index is 0.0169. The molecule has 0 aliphatic heterocycles. The average Bonchev–Trinajstić information content (AvgIpc) is 2.38. The smallest absolute Gasteiger partial charge is 0.122 e. The standard InChI is InChI=1S/C15H18N2OS/c1-15(2,3)11-9-10(5-7-13(11)18-4)12-6-8-14(19)17-16-12/h5-9H,1-4H3,(H,17,19). The molecule has 19 heavy (non-hydrogen) atoms. The molecule has 2 aromatic rings. The predicted molar refractivity (Wildman–Crippen MR) is 80.1 cm³/mol. The molecule has 0 aliphatic carbocycles. The van der Waals surface area contributed by atoms with Crippen LogP contribution in [0.3, 0.4) is 0 Å². The van der Waals surface area contributed by atoms with Crippen LogP contribution in [0.1, 0.15) is 26.3 Å². The third kappa shape index (κ3) is 3.01. The molecule has 0 amide bonds. The van der Waals surface area contributed by atoms with Crippen molar-refractivity contribution in [2.75, 3.05) is 7.11 Å². The van der Waals surface area contributed by atoms with Gasteiger partial charge in [-0.05, 0) is 35.7 Å². The molecule has 0 bridgehead atoms. The highest BCUT2D eigenvalue weighted by atomic mass is 32.1. The lowest BCUT2D eigenvalue weighted by atomic mass is 9.85. The number of hydrogen-bond acceptors (Lipinski definition) is 3. The summed E-state index contributed by atoms with van der Waals surface area (Å²) >= 11 is 5.01. The molecule has 0 aliphatic rings. The zero-order valence-corrected chi connectivity index (χ0v) is 12.5. The summed E-state index contributed by atoms with van der Waals surface area (Å²) in [5.41, 5.74) is 3.11. The second kappa shape index (κ2) is 5.13. The van der Waals surface area contributed by atoms with E-state index in [4.69, 9.17) is 17.0 Å². The Morgan fingerprint density at radius 3 is 2.42 bits per heavy atom. The van der Waals surface area contributed by atoms with Crippen molar-refractivity contribution in [1.29, 1.82) is 0 Å². The lowest BCUT2D eigenvalue weighted by Crippen LogP contribution is -2.13. The zero-order valence-electron chi connectivity index (χ0n) is 11.7. The van der Waals surface area contributed by atoms with Gasteiger partial charge in [-0.1, -0.05) is 33.0 Å². The Balaban J connectivity index is 2.55. The van der Waals surface area contributed by atoms with Crippen molar-refractivity contribution in [1.82, 2.24) is 10.2 Å². The van der Waals surface area contributed by atoms with Gasteiger partial charge in [-0.3, -0.25) is 5.10 Å². The van der Waals surface area contributed by atoms with E-state index >= 15 is 0 Å². The number of ether oxygens (including phenoxy) is 1. The average molecular weight is 274 g/mol. The second-order valence-electron chi connectivity index (χ2n) is 5.47. The van der Waals surface area contributed by atoms with Crippen molar-refractivity contribution in [2.45, 2.75) is 26.2 Å². The number of aromatic amines is 1. The summed E-state index contributed by atoms with van der Waals surface area (Å²) in [6.45, 7) is 6.50. The molecule has 4 heteroatoms. The molecular formula is C15H18N2OS. The number of methoxy groups -OCH3 is 1. The van der Waals surface area contributed by atoms with E-state index < -0.39 is 0 Å². The van der Waals surface area contributed by atoms with Crippen LogP contribution in [0.2, 0.25) is 0 Å². The second-order valence-corrected chi connectivity index (χ2v) is 5.91. The van der Waals surface area contributed by atoms with Crippen molar-refractivity contribution in [2.24, 2.45) is 0 Å². The van der Waals surface area contributed by atoms with Gasteiger partial charge in [0.2, 0.25) is 0 Å². The fourth-order valence-electron chi connectivity index (χ4n) is 1.96. The van der Waals surface area contributed by atoms with Crippen LogP contribution in [0.15, 0.2) is 30.3 Å². The van der Waals surface area contributed by atoms with Crippen molar-refractivity contribution >= 4 is 12.2 Å². The first-order valence-electron chi connectivity index (χ1n) is 6.16. The number of benzene rings is 1.